The molecule has 0 aliphatic heterocycles. The normalized spacial score (nSPS) is 10.9. The van der Waals surface area contributed by atoms with E-state index in [-0.39, 0.29) is 25.8 Å². The molecule has 0 aliphatic rings. The summed E-state index contributed by atoms with van der Waals surface area (Å²) in [6.45, 7) is 8.59. The molecule has 411 valence electrons. The zero-order valence-electron chi connectivity index (χ0n) is 43.9. The van der Waals surface area contributed by atoms with Crippen LogP contribution >= 0.6 is 0 Å². The van der Waals surface area contributed by atoms with Gasteiger partial charge in [0.2, 0.25) is 0 Å². The van der Waals surface area contributed by atoms with E-state index < -0.39 is 5.97 Å². The Bertz CT molecular complexity index is 2950. The van der Waals surface area contributed by atoms with Gasteiger partial charge in [0.25, 0.3) is 0 Å². The van der Waals surface area contributed by atoms with Gasteiger partial charge >= 0.3 is 5.97 Å². The van der Waals surface area contributed by atoms with E-state index in [1.807, 2.05) is 84.9 Å². The topological polar surface area (TPSA) is 168 Å². The number of nitrogens with zero attached hydrogens (tertiary/aromatic N) is 3. The van der Waals surface area contributed by atoms with Crippen LogP contribution in [0.5, 0.6) is 11.5 Å². The number of hydrogen-bond donors (Lipinski definition) is 1. The Morgan fingerprint density at radius 1 is 0.410 bits per heavy atom. The monoisotopic (exact) mass is 1240 g/mol. The third-order valence-electron chi connectivity index (χ3n) is 11.5. The average Bonchev–Trinajstić information content (AvgIpc) is 3.48. The summed E-state index contributed by atoms with van der Waals surface area (Å²) in [5.41, 5.74) is 5.76. The van der Waals surface area contributed by atoms with Crippen molar-refractivity contribution in [3.63, 3.8) is 0 Å². The SMILES string of the molecule is COCCOCCOCCOCCOc1c[c-]c(-c2nc3ccccc3c3ccccc23)cc1.COCCOCCOCCOCCOc1c[c-]c(-c2nc3ccccc3c3ccccc23)cc1.O=C(O)c1ccccn1.[Ir]. The molecule has 15 nitrogen and oxygen atoms in total. The third-order valence-corrected chi connectivity index (χ3v) is 11.5. The van der Waals surface area contributed by atoms with Crippen molar-refractivity contribution >= 4 is 49.3 Å². The van der Waals surface area contributed by atoms with Crippen LogP contribution in [0.4, 0.5) is 0 Å². The maximum Gasteiger partial charge on any atom is 0.354 e. The van der Waals surface area contributed by atoms with E-state index in [0.717, 1.165) is 66.6 Å². The van der Waals surface area contributed by atoms with Crippen LogP contribution in [0.3, 0.4) is 0 Å². The summed E-state index contributed by atoms with van der Waals surface area (Å²) in [5, 5.41) is 15.2. The van der Waals surface area contributed by atoms with Crippen molar-refractivity contribution in [2.45, 2.75) is 0 Å². The minimum atomic E-state index is -0.990. The molecule has 0 unspecified atom stereocenters. The number of aromatic nitrogens is 3. The Kier molecular flexibility index (Phi) is 27.0. The predicted octanol–water partition coefficient (Wildman–Crippen LogP) is 10.6. The summed E-state index contributed by atoms with van der Waals surface area (Å²) in [7, 11) is 3.30. The standard InChI is InChI=1S/2C28H30NO5.C6H5NO2.Ir/c2*1-30-14-15-31-16-17-32-18-19-33-20-21-34-23-12-10-22(11-13-23)28-26-8-3-2-6-24(26)25-7-4-5-9-27(25)29-28;8-6(9)5-3-1-2-4-7-5;/h2*2-10,12-13H,14-21H2,1H3;1-4H,(H,8,9);/q2*-1;;. The van der Waals surface area contributed by atoms with Gasteiger partial charge in [-0.3, -0.25) is 9.97 Å². The number of aromatic carboxylic acids is 1. The number of para-hydroxylation sites is 2. The number of methoxy groups -OCH3 is 2. The summed E-state index contributed by atoms with van der Waals surface area (Å²) < 4.78 is 54.0. The van der Waals surface area contributed by atoms with Gasteiger partial charge in [0, 0.05) is 62.8 Å². The van der Waals surface area contributed by atoms with Crippen molar-refractivity contribution in [3.8, 4) is 34.0 Å². The molecular weight excluding hydrogens is 1170 g/mol. The Morgan fingerprint density at radius 3 is 1.09 bits per heavy atom. The first-order chi connectivity index (χ1) is 38.0. The third kappa shape index (κ3) is 19.3. The second-order valence-electron chi connectivity index (χ2n) is 16.8. The van der Waals surface area contributed by atoms with Crippen LogP contribution in [0.1, 0.15) is 10.5 Å². The van der Waals surface area contributed by atoms with Crippen LogP contribution < -0.4 is 9.47 Å². The number of hydrogen-bond acceptors (Lipinski definition) is 14. The van der Waals surface area contributed by atoms with Crippen LogP contribution in [0.15, 0.2) is 158 Å². The smallest absolute Gasteiger partial charge is 0.354 e. The second kappa shape index (κ2) is 34.9. The van der Waals surface area contributed by atoms with Crippen LogP contribution in [-0.2, 0) is 58.0 Å². The Labute approximate surface area is 469 Å². The Hall–Kier alpha value is -6.79. The molecule has 0 amide bonds. The molecule has 3 heterocycles. The van der Waals surface area contributed by atoms with Gasteiger partial charge in [0.1, 0.15) is 5.69 Å². The van der Waals surface area contributed by atoms with Gasteiger partial charge in [-0.2, -0.15) is 0 Å². The second-order valence-corrected chi connectivity index (χ2v) is 16.8. The number of rotatable bonds is 29. The summed E-state index contributed by atoms with van der Waals surface area (Å²) >= 11 is 0. The van der Waals surface area contributed by atoms with E-state index in [9.17, 15) is 4.79 Å². The Balaban J connectivity index is 0.000000215. The number of ether oxygens (including phenoxy) is 10. The molecule has 0 aliphatic carbocycles. The molecule has 0 bridgehead atoms. The van der Waals surface area contributed by atoms with E-state index in [2.05, 4.69) is 65.6 Å². The molecule has 1 radical (unpaired) electrons. The predicted molar refractivity (Wildman–Crippen MR) is 298 cm³/mol. The van der Waals surface area contributed by atoms with E-state index in [1.165, 1.54) is 23.0 Å². The number of fused-ring (bicyclic) bond motifs is 6. The molecule has 6 aromatic carbocycles. The molecular formula is C62H65IrN3O12-2. The molecule has 3 aromatic heterocycles. The van der Waals surface area contributed by atoms with Gasteiger partial charge in [0.15, 0.2) is 0 Å². The van der Waals surface area contributed by atoms with Gasteiger partial charge in [-0.1, -0.05) is 91.0 Å². The summed E-state index contributed by atoms with van der Waals surface area (Å²) in [6, 6.07) is 56.2. The Morgan fingerprint density at radius 2 is 0.756 bits per heavy atom. The van der Waals surface area contributed by atoms with Crippen molar-refractivity contribution in [1.82, 2.24) is 15.0 Å². The fourth-order valence-corrected chi connectivity index (χ4v) is 7.81. The molecule has 9 aromatic rings. The molecule has 0 spiro atoms. The number of carbonyl (C=O) groups is 1. The molecule has 0 saturated heterocycles. The maximum atomic E-state index is 10.1. The molecule has 0 fully saturated rings. The minimum Gasteiger partial charge on any atom is -0.534 e. The summed E-state index contributed by atoms with van der Waals surface area (Å²) in [6.07, 6.45) is 1.45. The van der Waals surface area contributed by atoms with Crippen LogP contribution in [0.25, 0.3) is 65.9 Å². The van der Waals surface area contributed by atoms with Gasteiger partial charge in [-0.15, -0.1) is 59.7 Å². The molecule has 0 saturated carbocycles. The fourth-order valence-electron chi connectivity index (χ4n) is 7.81. The van der Waals surface area contributed by atoms with E-state index in [1.54, 1.807) is 26.4 Å². The van der Waals surface area contributed by atoms with Crippen molar-refractivity contribution in [3.05, 3.63) is 176 Å². The molecule has 1 N–H and O–H groups in total. The fraction of sp³-hybridized carbons (Fsp3) is 0.290. The van der Waals surface area contributed by atoms with E-state index >= 15 is 0 Å². The number of carboxylic acids is 1. The number of pyridine rings is 3. The molecule has 78 heavy (non-hydrogen) atoms. The average molecular weight is 1240 g/mol. The summed E-state index contributed by atoms with van der Waals surface area (Å²) in [4.78, 5) is 23.6. The van der Waals surface area contributed by atoms with Crippen molar-refractivity contribution in [2.24, 2.45) is 0 Å². The van der Waals surface area contributed by atoms with Gasteiger partial charge in [-0.05, 0) is 57.2 Å². The van der Waals surface area contributed by atoms with Crippen LogP contribution in [0.2, 0.25) is 0 Å². The minimum absolute atomic E-state index is 0. The quantitative estimate of drug-likeness (QED) is 0.0267. The zero-order valence-corrected chi connectivity index (χ0v) is 46.3. The van der Waals surface area contributed by atoms with Gasteiger partial charge < -0.3 is 52.5 Å². The largest absolute Gasteiger partial charge is 0.534 e. The first-order valence-electron chi connectivity index (χ1n) is 25.5. The van der Waals surface area contributed by atoms with Crippen molar-refractivity contribution < 1.29 is 77.4 Å². The zero-order chi connectivity index (χ0) is 53.5. The summed E-state index contributed by atoms with van der Waals surface area (Å²) in [5.74, 6) is 0.513. The van der Waals surface area contributed by atoms with Crippen molar-refractivity contribution in [2.75, 3.05) is 120 Å². The van der Waals surface area contributed by atoms with Crippen molar-refractivity contribution in [1.29, 1.82) is 0 Å². The van der Waals surface area contributed by atoms with Gasteiger partial charge in [0.05, 0.1) is 117 Å². The van der Waals surface area contributed by atoms with Crippen LogP contribution in [-0.4, -0.2) is 146 Å². The van der Waals surface area contributed by atoms with Crippen LogP contribution in [0, 0.1) is 12.1 Å². The number of carboxylic acid groups (broad SMARTS) is 1. The first kappa shape index (κ1) is 60.4. The molecule has 16 heteroatoms. The molecule has 9 rings (SSSR count). The first-order valence-corrected chi connectivity index (χ1v) is 25.5. The van der Waals surface area contributed by atoms with E-state index in [4.69, 9.17) is 62.4 Å². The van der Waals surface area contributed by atoms with Gasteiger partial charge in [-0.25, -0.2) is 9.78 Å². The van der Waals surface area contributed by atoms with E-state index in [0.29, 0.717) is 106 Å². The molecule has 0 atom stereocenters. The maximum absolute atomic E-state index is 10.1. The number of benzene rings is 6.